The van der Waals surface area contributed by atoms with Gasteiger partial charge in [0, 0.05) is 39.3 Å². The lowest BCUT2D eigenvalue weighted by molar-refractivity contribution is 0.0440. The third-order valence-electron chi connectivity index (χ3n) is 5.28. The summed E-state index contributed by atoms with van der Waals surface area (Å²) in [6.45, 7) is 5.84. The number of piperazine rings is 1. The quantitative estimate of drug-likeness (QED) is 0.727. The highest BCUT2D eigenvalue weighted by molar-refractivity contribution is 5.44. The average Bonchev–Trinajstić information content (AvgIpc) is 3.22. The Hall–Kier alpha value is -2.48. The van der Waals surface area contributed by atoms with Gasteiger partial charge in [-0.25, -0.2) is 0 Å². The second kappa shape index (κ2) is 9.35. The summed E-state index contributed by atoms with van der Waals surface area (Å²) in [5.74, 6) is 2.99. The van der Waals surface area contributed by atoms with Crippen LogP contribution >= 0.6 is 0 Å². The predicted molar refractivity (Wildman–Crippen MR) is 109 cm³/mol. The number of aliphatic hydroxyl groups is 1. The maximum atomic E-state index is 10.4. The molecule has 29 heavy (non-hydrogen) atoms. The standard InChI is InChI=1S/C22H28N2O5/c1-26-19-4-2-3-5-20(19)27-15-18(25)14-24-10-8-23(9-11-24)13-17-6-7-21-22(12-17)29-16-28-21/h2-7,12,18,25H,8-11,13-16H2,1H3/t18-/m1/s1. The molecular formula is C22H28N2O5. The molecule has 2 aromatic carbocycles. The Morgan fingerprint density at radius 3 is 2.48 bits per heavy atom. The van der Waals surface area contributed by atoms with Gasteiger partial charge >= 0.3 is 0 Å². The van der Waals surface area contributed by atoms with Gasteiger partial charge in [0.05, 0.1) is 7.11 Å². The number of β-amino-alcohol motifs (C(OH)–C–C–N with tert-alkyl or cyclic N) is 1. The van der Waals surface area contributed by atoms with E-state index in [0.29, 0.717) is 24.8 Å². The van der Waals surface area contributed by atoms with Gasteiger partial charge in [-0.15, -0.1) is 0 Å². The predicted octanol–water partition coefficient (Wildman–Crippen LogP) is 1.98. The zero-order chi connectivity index (χ0) is 20.1. The van der Waals surface area contributed by atoms with Crippen LogP contribution in [0.3, 0.4) is 0 Å². The number of methoxy groups -OCH3 is 1. The number of aliphatic hydroxyl groups excluding tert-OH is 1. The fourth-order valence-electron chi connectivity index (χ4n) is 3.70. The van der Waals surface area contributed by atoms with Gasteiger partial charge in [-0.2, -0.15) is 0 Å². The van der Waals surface area contributed by atoms with E-state index in [4.69, 9.17) is 18.9 Å². The minimum Gasteiger partial charge on any atom is -0.493 e. The third kappa shape index (κ3) is 5.12. The molecule has 0 bridgehead atoms. The van der Waals surface area contributed by atoms with E-state index >= 15 is 0 Å². The molecule has 0 unspecified atom stereocenters. The van der Waals surface area contributed by atoms with E-state index in [1.165, 1.54) is 5.56 Å². The zero-order valence-electron chi connectivity index (χ0n) is 16.8. The SMILES string of the molecule is COc1ccccc1OC[C@H](O)CN1CCN(Cc2ccc3c(c2)OCO3)CC1. The van der Waals surface area contributed by atoms with Crippen molar-refractivity contribution in [2.24, 2.45) is 0 Å². The van der Waals surface area contributed by atoms with E-state index in [-0.39, 0.29) is 6.61 Å². The van der Waals surface area contributed by atoms with Crippen molar-refractivity contribution in [3.05, 3.63) is 48.0 Å². The summed E-state index contributed by atoms with van der Waals surface area (Å²) in [5.41, 5.74) is 1.23. The Kier molecular flexibility index (Phi) is 6.39. The second-order valence-corrected chi connectivity index (χ2v) is 7.38. The van der Waals surface area contributed by atoms with Gasteiger partial charge in [0.25, 0.3) is 0 Å². The third-order valence-corrected chi connectivity index (χ3v) is 5.28. The topological polar surface area (TPSA) is 63.6 Å². The lowest BCUT2D eigenvalue weighted by Crippen LogP contribution is -2.48. The molecule has 1 saturated heterocycles. The highest BCUT2D eigenvalue weighted by atomic mass is 16.7. The highest BCUT2D eigenvalue weighted by Crippen LogP contribution is 2.33. The van der Waals surface area contributed by atoms with Crippen LogP contribution in [0.4, 0.5) is 0 Å². The van der Waals surface area contributed by atoms with Crippen molar-refractivity contribution in [3.8, 4) is 23.0 Å². The fraction of sp³-hybridized carbons (Fsp3) is 0.455. The Morgan fingerprint density at radius 1 is 0.966 bits per heavy atom. The van der Waals surface area contributed by atoms with E-state index in [0.717, 1.165) is 44.2 Å². The molecule has 7 nitrogen and oxygen atoms in total. The lowest BCUT2D eigenvalue weighted by Gasteiger charge is -2.35. The van der Waals surface area contributed by atoms with Crippen molar-refractivity contribution < 1.29 is 24.1 Å². The first kappa shape index (κ1) is 19.8. The number of nitrogens with zero attached hydrogens (tertiary/aromatic N) is 2. The van der Waals surface area contributed by atoms with Crippen LogP contribution < -0.4 is 18.9 Å². The summed E-state index contributed by atoms with van der Waals surface area (Å²) in [6.07, 6.45) is -0.541. The molecule has 2 heterocycles. The molecule has 4 rings (SSSR count). The zero-order valence-corrected chi connectivity index (χ0v) is 16.8. The summed E-state index contributed by atoms with van der Waals surface area (Å²) in [5, 5.41) is 10.4. The van der Waals surface area contributed by atoms with Crippen LogP contribution in [0.1, 0.15) is 5.56 Å². The van der Waals surface area contributed by atoms with Crippen molar-refractivity contribution in [3.63, 3.8) is 0 Å². The first-order valence-corrected chi connectivity index (χ1v) is 9.98. The van der Waals surface area contributed by atoms with Crippen molar-refractivity contribution in [1.82, 2.24) is 9.80 Å². The molecule has 2 aliphatic rings. The molecule has 1 atom stereocenters. The molecule has 7 heteroatoms. The van der Waals surface area contributed by atoms with Gasteiger partial charge in [-0.3, -0.25) is 9.80 Å². The van der Waals surface area contributed by atoms with Crippen molar-refractivity contribution in [1.29, 1.82) is 0 Å². The molecular weight excluding hydrogens is 372 g/mol. The van der Waals surface area contributed by atoms with Gasteiger partial charge in [0.15, 0.2) is 23.0 Å². The van der Waals surface area contributed by atoms with Crippen molar-refractivity contribution in [2.75, 3.05) is 53.2 Å². The van der Waals surface area contributed by atoms with Crippen LogP contribution in [0.25, 0.3) is 0 Å². The summed E-state index contributed by atoms with van der Waals surface area (Å²) in [4.78, 5) is 4.71. The minimum atomic E-state index is -0.541. The summed E-state index contributed by atoms with van der Waals surface area (Å²) >= 11 is 0. The number of hydrogen-bond acceptors (Lipinski definition) is 7. The lowest BCUT2D eigenvalue weighted by atomic mass is 10.1. The number of rotatable bonds is 8. The highest BCUT2D eigenvalue weighted by Gasteiger charge is 2.21. The van der Waals surface area contributed by atoms with Crippen LogP contribution in [0.2, 0.25) is 0 Å². The van der Waals surface area contributed by atoms with Crippen molar-refractivity contribution in [2.45, 2.75) is 12.6 Å². The second-order valence-electron chi connectivity index (χ2n) is 7.38. The molecule has 156 valence electrons. The first-order chi connectivity index (χ1) is 14.2. The van der Waals surface area contributed by atoms with Gasteiger partial charge in [0.2, 0.25) is 6.79 Å². The van der Waals surface area contributed by atoms with Crippen LogP contribution in [-0.4, -0.2) is 74.2 Å². The normalized spacial score (nSPS) is 17.9. The van der Waals surface area contributed by atoms with E-state index in [1.54, 1.807) is 7.11 Å². The monoisotopic (exact) mass is 400 g/mol. The minimum absolute atomic E-state index is 0.248. The molecule has 0 aromatic heterocycles. The van der Waals surface area contributed by atoms with Crippen LogP contribution in [0.15, 0.2) is 42.5 Å². The number of hydrogen-bond donors (Lipinski definition) is 1. The van der Waals surface area contributed by atoms with Gasteiger partial charge in [-0.05, 0) is 29.8 Å². The van der Waals surface area contributed by atoms with E-state index < -0.39 is 6.10 Å². The summed E-state index contributed by atoms with van der Waals surface area (Å²) < 4.78 is 21.8. The number of benzene rings is 2. The Labute approximate surface area is 171 Å². The van der Waals surface area contributed by atoms with Crippen molar-refractivity contribution >= 4 is 0 Å². The number of para-hydroxylation sites is 2. The molecule has 0 spiro atoms. The number of fused-ring (bicyclic) bond motifs is 1. The molecule has 0 amide bonds. The van der Waals surface area contributed by atoms with Gasteiger partial charge in [0.1, 0.15) is 12.7 Å². The van der Waals surface area contributed by atoms with Crippen LogP contribution in [0.5, 0.6) is 23.0 Å². The molecule has 0 saturated carbocycles. The largest absolute Gasteiger partial charge is 0.493 e. The molecule has 2 aliphatic heterocycles. The van der Waals surface area contributed by atoms with E-state index in [9.17, 15) is 5.11 Å². The molecule has 2 aromatic rings. The molecule has 1 N–H and O–H groups in total. The molecule has 0 aliphatic carbocycles. The fourth-order valence-corrected chi connectivity index (χ4v) is 3.70. The smallest absolute Gasteiger partial charge is 0.231 e. The van der Waals surface area contributed by atoms with Crippen LogP contribution in [0, 0.1) is 0 Å². The van der Waals surface area contributed by atoms with Crippen LogP contribution in [-0.2, 0) is 6.54 Å². The van der Waals surface area contributed by atoms with E-state index in [1.807, 2.05) is 30.3 Å². The Morgan fingerprint density at radius 2 is 1.69 bits per heavy atom. The summed E-state index contributed by atoms with van der Waals surface area (Å²) in [6, 6.07) is 13.6. The van der Waals surface area contributed by atoms with E-state index in [2.05, 4.69) is 21.9 Å². The Bertz CT molecular complexity index is 808. The van der Waals surface area contributed by atoms with Gasteiger partial charge in [-0.1, -0.05) is 18.2 Å². The summed E-state index contributed by atoms with van der Waals surface area (Å²) in [7, 11) is 1.61. The van der Waals surface area contributed by atoms with Gasteiger partial charge < -0.3 is 24.1 Å². The maximum absolute atomic E-state index is 10.4. The molecule has 0 radical (unpaired) electrons. The average molecular weight is 400 g/mol. The first-order valence-electron chi connectivity index (χ1n) is 9.98. The molecule has 1 fully saturated rings. The number of ether oxygens (including phenoxy) is 4. The maximum Gasteiger partial charge on any atom is 0.231 e. The Balaban J connectivity index is 1.19.